The van der Waals surface area contributed by atoms with Gasteiger partial charge >= 0.3 is 0 Å². The fourth-order valence-corrected chi connectivity index (χ4v) is 2.73. The average molecular weight is 153 g/mol. The molecule has 0 aliphatic carbocycles. The van der Waals surface area contributed by atoms with Crippen LogP contribution in [0.4, 0.5) is 0 Å². The molecule has 2 fully saturated rings. The largest absolute Gasteiger partial charge is 0.298 e. The topological polar surface area (TPSA) is 3.24 Å². The molecule has 2 aliphatic rings. The normalized spacial score (nSPS) is 45.8. The van der Waals surface area contributed by atoms with Crippen molar-refractivity contribution in [1.82, 2.24) is 4.90 Å². The van der Waals surface area contributed by atoms with E-state index in [2.05, 4.69) is 18.7 Å². The summed E-state index contributed by atoms with van der Waals surface area (Å²) in [6.45, 7) is 6.16. The molecular formula is C10H19N. The molecule has 0 aromatic carbocycles. The Labute approximate surface area is 69.8 Å². The molecule has 0 amide bonds. The first-order valence-electron chi connectivity index (χ1n) is 5.03. The van der Waals surface area contributed by atoms with Crippen molar-refractivity contribution < 1.29 is 0 Å². The van der Waals surface area contributed by atoms with Gasteiger partial charge in [-0.1, -0.05) is 6.92 Å². The van der Waals surface area contributed by atoms with Gasteiger partial charge in [0.2, 0.25) is 0 Å². The Kier molecular flexibility index (Phi) is 1.92. The van der Waals surface area contributed by atoms with Gasteiger partial charge in [0.05, 0.1) is 0 Å². The van der Waals surface area contributed by atoms with Crippen LogP contribution in [0, 0.1) is 5.92 Å². The molecule has 2 heterocycles. The number of piperidine rings is 1. The fraction of sp³-hybridized carbons (Fsp3) is 1.00. The van der Waals surface area contributed by atoms with Crippen LogP contribution in [-0.2, 0) is 0 Å². The third kappa shape index (κ3) is 1.31. The van der Waals surface area contributed by atoms with E-state index in [0.717, 1.165) is 18.0 Å². The summed E-state index contributed by atoms with van der Waals surface area (Å²) >= 11 is 0. The van der Waals surface area contributed by atoms with Gasteiger partial charge in [-0.25, -0.2) is 0 Å². The average Bonchev–Trinajstić information content (AvgIpc) is 2.32. The molecule has 2 saturated heterocycles. The second-order valence-electron chi connectivity index (χ2n) is 4.45. The summed E-state index contributed by atoms with van der Waals surface area (Å²) in [6, 6.07) is 1.83. The van der Waals surface area contributed by atoms with Crippen LogP contribution in [0.25, 0.3) is 0 Å². The molecule has 2 aliphatic heterocycles. The van der Waals surface area contributed by atoms with Crippen molar-refractivity contribution >= 4 is 0 Å². The monoisotopic (exact) mass is 153 g/mol. The van der Waals surface area contributed by atoms with E-state index in [9.17, 15) is 0 Å². The first-order chi connectivity index (χ1) is 5.27. The Morgan fingerprint density at radius 3 is 2.73 bits per heavy atom. The molecule has 64 valence electrons. The summed E-state index contributed by atoms with van der Waals surface area (Å²) in [5, 5.41) is 0. The van der Waals surface area contributed by atoms with Crippen LogP contribution in [-0.4, -0.2) is 23.5 Å². The van der Waals surface area contributed by atoms with E-state index in [1.165, 1.54) is 32.2 Å². The van der Waals surface area contributed by atoms with Gasteiger partial charge in [0.1, 0.15) is 0 Å². The van der Waals surface area contributed by atoms with Crippen LogP contribution >= 0.6 is 0 Å². The van der Waals surface area contributed by atoms with E-state index in [0.29, 0.717) is 0 Å². The summed E-state index contributed by atoms with van der Waals surface area (Å²) in [5.74, 6) is 0.988. The molecule has 0 N–H and O–H groups in total. The van der Waals surface area contributed by atoms with Crippen molar-refractivity contribution in [2.24, 2.45) is 5.92 Å². The van der Waals surface area contributed by atoms with Gasteiger partial charge in [0, 0.05) is 12.1 Å². The number of rotatable bonds is 0. The molecule has 11 heavy (non-hydrogen) atoms. The van der Waals surface area contributed by atoms with Gasteiger partial charge in [-0.15, -0.1) is 0 Å². The molecule has 0 aromatic rings. The van der Waals surface area contributed by atoms with Crippen molar-refractivity contribution in [3.05, 3.63) is 0 Å². The first kappa shape index (κ1) is 7.60. The van der Waals surface area contributed by atoms with Crippen LogP contribution in [0.5, 0.6) is 0 Å². The van der Waals surface area contributed by atoms with Crippen molar-refractivity contribution in [2.45, 2.75) is 51.6 Å². The predicted octanol–water partition coefficient (Wildman–Crippen LogP) is 2.27. The van der Waals surface area contributed by atoms with E-state index in [1.807, 2.05) is 0 Å². The molecule has 1 unspecified atom stereocenters. The maximum absolute atomic E-state index is 2.72. The molecule has 3 atom stereocenters. The highest BCUT2D eigenvalue weighted by atomic mass is 15.2. The molecule has 0 spiro atoms. The Hall–Kier alpha value is -0.0400. The SMILES string of the molecule is C[C@H]1CCN2C(CC[C@@H]2C)C1. The molecule has 0 aromatic heterocycles. The molecule has 1 heteroatoms. The van der Waals surface area contributed by atoms with Crippen molar-refractivity contribution in [2.75, 3.05) is 6.54 Å². The molecule has 0 radical (unpaired) electrons. The third-order valence-electron chi connectivity index (χ3n) is 3.51. The minimum atomic E-state index is 0.882. The molecule has 0 saturated carbocycles. The second-order valence-corrected chi connectivity index (χ2v) is 4.45. The number of hydrogen-bond acceptors (Lipinski definition) is 1. The van der Waals surface area contributed by atoms with Gasteiger partial charge < -0.3 is 0 Å². The van der Waals surface area contributed by atoms with E-state index >= 15 is 0 Å². The fourth-order valence-electron chi connectivity index (χ4n) is 2.73. The zero-order chi connectivity index (χ0) is 7.84. The number of nitrogens with zero attached hydrogens (tertiary/aromatic N) is 1. The summed E-state index contributed by atoms with van der Waals surface area (Å²) in [5.41, 5.74) is 0. The summed E-state index contributed by atoms with van der Waals surface area (Å²) < 4.78 is 0. The van der Waals surface area contributed by atoms with Gasteiger partial charge in [0.25, 0.3) is 0 Å². The number of fused-ring (bicyclic) bond motifs is 1. The van der Waals surface area contributed by atoms with E-state index in [4.69, 9.17) is 0 Å². The molecule has 0 bridgehead atoms. The molecular weight excluding hydrogens is 134 g/mol. The summed E-state index contributed by atoms with van der Waals surface area (Å²) in [7, 11) is 0. The van der Waals surface area contributed by atoms with Crippen LogP contribution in [0.15, 0.2) is 0 Å². The van der Waals surface area contributed by atoms with Gasteiger partial charge in [-0.2, -0.15) is 0 Å². The predicted molar refractivity (Wildman–Crippen MR) is 47.6 cm³/mol. The van der Waals surface area contributed by atoms with Gasteiger partial charge in [0.15, 0.2) is 0 Å². The van der Waals surface area contributed by atoms with Gasteiger partial charge in [-0.3, -0.25) is 4.90 Å². The standard InChI is InChI=1S/C10H19N/c1-8-5-6-11-9(2)3-4-10(11)7-8/h8-10H,3-7H2,1-2H3/t8-,9-,10?/m0/s1. The lowest BCUT2D eigenvalue weighted by molar-refractivity contribution is 0.128. The Balaban J connectivity index is 2.00. The smallest absolute Gasteiger partial charge is 0.0101 e. The molecule has 1 nitrogen and oxygen atoms in total. The van der Waals surface area contributed by atoms with E-state index in [-0.39, 0.29) is 0 Å². The lowest BCUT2D eigenvalue weighted by Gasteiger charge is -2.35. The highest BCUT2D eigenvalue weighted by Crippen LogP contribution is 2.33. The third-order valence-corrected chi connectivity index (χ3v) is 3.51. The Morgan fingerprint density at radius 1 is 1.09 bits per heavy atom. The van der Waals surface area contributed by atoms with Crippen LogP contribution < -0.4 is 0 Å². The van der Waals surface area contributed by atoms with Crippen LogP contribution in [0.3, 0.4) is 0 Å². The van der Waals surface area contributed by atoms with Crippen molar-refractivity contribution in [3.8, 4) is 0 Å². The minimum absolute atomic E-state index is 0.882. The lowest BCUT2D eigenvalue weighted by atomic mass is 9.93. The Bertz CT molecular complexity index is 144. The maximum atomic E-state index is 2.72. The molecule has 2 rings (SSSR count). The van der Waals surface area contributed by atoms with Gasteiger partial charge in [-0.05, 0) is 45.1 Å². The quantitative estimate of drug-likeness (QED) is 0.516. The van der Waals surface area contributed by atoms with Crippen LogP contribution in [0.2, 0.25) is 0 Å². The zero-order valence-electron chi connectivity index (χ0n) is 7.71. The summed E-state index contributed by atoms with van der Waals surface area (Å²) in [6.07, 6.45) is 5.80. The zero-order valence-corrected chi connectivity index (χ0v) is 7.71. The highest BCUT2D eigenvalue weighted by Gasteiger charge is 2.34. The number of hydrogen-bond donors (Lipinski definition) is 0. The second kappa shape index (κ2) is 2.78. The maximum Gasteiger partial charge on any atom is 0.0101 e. The van der Waals surface area contributed by atoms with Crippen molar-refractivity contribution in [3.63, 3.8) is 0 Å². The summed E-state index contributed by atoms with van der Waals surface area (Å²) in [4.78, 5) is 2.72. The minimum Gasteiger partial charge on any atom is -0.298 e. The highest BCUT2D eigenvalue weighted by molar-refractivity contribution is 4.89. The van der Waals surface area contributed by atoms with E-state index < -0.39 is 0 Å². The van der Waals surface area contributed by atoms with E-state index in [1.54, 1.807) is 0 Å². The van der Waals surface area contributed by atoms with Crippen molar-refractivity contribution in [1.29, 1.82) is 0 Å². The lowest BCUT2D eigenvalue weighted by Crippen LogP contribution is -2.40. The Morgan fingerprint density at radius 2 is 1.91 bits per heavy atom. The first-order valence-corrected chi connectivity index (χ1v) is 5.03. The van der Waals surface area contributed by atoms with Crippen LogP contribution in [0.1, 0.15) is 39.5 Å².